The largest absolute Gasteiger partial charge is 0.380 e. The summed E-state index contributed by atoms with van der Waals surface area (Å²) in [7, 11) is 0. The van der Waals surface area contributed by atoms with Crippen molar-refractivity contribution in [2.45, 2.75) is 31.7 Å². The van der Waals surface area contributed by atoms with Crippen molar-refractivity contribution in [3.8, 4) is 0 Å². The van der Waals surface area contributed by atoms with Crippen LogP contribution in [0.4, 0.5) is 5.82 Å². The van der Waals surface area contributed by atoms with E-state index in [4.69, 9.17) is 4.74 Å². The van der Waals surface area contributed by atoms with Gasteiger partial charge >= 0.3 is 0 Å². The summed E-state index contributed by atoms with van der Waals surface area (Å²) in [5.74, 6) is 1.15. The van der Waals surface area contributed by atoms with Crippen LogP contribution in [0.15, 0.2) is 24.4 Å². The molecule has 4 nitrogen and oxygen atoms in total. The van der Waals surface area contributed by atoms with Crippen molar-refractivity contribution < 1.29 is 4.74 Å². The Labute approximate surface area is 127 Å². The molecule has 3 aliphatic heterocycles. The molecular weight excluding hydrogens is 262 g/mol. The summed E-state index contributed by atoms with van der Waals surface area (Å²) in [6.07, 6.45) is 7.15. The first-order chi connectivity index (χ1) is 10.3. The van der Waals surface area contributed by atoms with Crippen LogP contribution in [0.3, 0.4) is 0 Å². The van der Waals surface area contributed by atoms with Crippen molar-refractivity contribution in [3.05, 3.63) is 24.4 Å². The Balaban J connectivity index is 1.45. The molecule has 0 N–H and O–H groups in total. The van der Waals surface area contributed by atoms with Crippen LogP contribution in [-0.2, 0) is 4.74 Å². The van der Waals surface area contributed by atoms with Crippen molar-refractivity contribution in [2.75, 3.05) is 44.3 Å². The molecule has 1 aromatic rings. The maximum absolute atomic E-state index is 5.57. The van der Waals surface area contributed by atoms with Crippen LogP contribution in [0.25, 0.3) is 0 Å². The van der Waals surface area contributed by atoms with E-state index in [1.165, 1.54) is 45.3 Å². The highest BCUT2D eigenvalue weighted by atomic mass is 16.5. The summed E-state index contributed by atoms with van der Waals surface area (Å²) in [5.41, 5.74) is 0.484. The van der Waals surface area contributed by atoms with E-state index in [2.05, 4.69) is 26.9 Å². The summed E-state index contributed by atoms with van der Waals surface area (Å²) >= 11 is 0. The van der Waals surface area contributed by atoms with Gasteiger partial charge in [-0.3, -0.25) is 4.90 Å². The lowest BCUT2D eigenvalue weighted by Crippen LogP contribution is -2.46. The third kappa shape index (κ3) is 2.67. The minimum absolute atomic E-state index is 0.484. The van der Waals surface area contributed by atoms with Gasteiger partial charge in [-0.1, -0.05) is 6.07 Å². The molecule has 0 bridgehead atoms. The Hall–Kier alpha value is -1.13. The third-order valence-electron chi connectivity index (χ3n) is 5.52. The van der Waals surface area contributed by atoms with Gasteiger partial charge in [-0.05, 0) is 44.4 Å². The normalized spacial score (nSPS) is 33.9. The van der Waals surface area contributed by atoms with E-state index in [1.54, 1.807) is 0 Å². The molecule has 3 saturated heterocycles. The molecule has 4 heterocycles. The molecule has 2 unspecified atom stereocenters. The van der Waals surface area contributed by atoms with Gasteiger partial charge in [0.15, 0.2) is 0 Å². The van der Waals surface area contributed by atoms with Gasteiger partial charge in [0.25, 0.3) is 0 Å². The third-order valence-corrected chi connectivity index (χ3v) is 5.52. The fourth-order valence-electron chi connectivity index (χ4n) is 4.37. The molecule has 0 saturated carbocycles. The van der Waals surface area contributed by atoms with Gasteiger partial charge in [-0.25, -0.2) is 4.98 Å². The molecule has 0 aromatic carbocycles. The SMILES string of the molecule is c1ccc(N2CCCC3(CCN(C4CCOC4)C3)C2)nc1. The molecular formula is C17H25N3O. The van der Waals surface area contributed by atoms with Gasteiger partial charge in [0.2, 0.25) is 0 Å². The van der Waals surface area contributed by atoms with Crippen molar-refractivity contribution in [1.82, 2.24) is 9.88 Å². The zero-order valence-corrected chi connectivity index (χ0v) is 12.7. The summed E-state index contributed by atoms with van der Waals surface area (Å²) in [4.78, 5) is 9.73. The fourth-order valence-corrected chi connectivity index (χ4v) is 4.37. The molecule has 21 heavy (non-hydrogen) atoms. The first-order valence-corrected chi connectivity index (χ1v) is 8.33. The second kappa shape index (κ2) is 5.58. The number of aromatic nitrogens is 1. The second-order valence-corrected chi connectivity index (χ2v) is 6.95. The van der Waals surface area contributed by atoms with E-state index in [0.717, 1.165) is 25.6 Å². The van der Waals surface area contributed by atoms with E-state index in [-0.39, 0.29) is 0 Å². The Kier molecular flexibility index (Phi) is 3.59. The number of likely N-dealkylation sites (tertiary alicyclic amines) is 1. The molecule has 3 fully saturated rings. The zero-order valence-electron chi connectivity index (χ0n) is 12.7. The highest BCUT2D eigenvalue weighted by molar-refractivity contribution is 5.39. The fraction of sp³-hybridized carbons (Fsp3) is 0.706. The molecule has 0 aliphatic carbocycles. The molecule has 1 aromatic heterocycles. The van der Waals surface area contributed by atoms with Crippen LogP contribution in [0.5, 0.6) is 0 Å². The van der Waals surface area contributed by atoms with Gasteiger partial charge in [0, 0.05) is 43.9 Å². The number of hydrogen-bond donors (Lipinski definition) is 0. The highest BCUT2D eigenvalue weighted by Crippen LogP contribution is 2.41. The van der Waals surface area contributed by atoms with E-state index < -0.39 is 0 Å². The maximum Gasteiger partial charge on any atom is 0.128 e. The van der Waals surface area contributed by atoms with Crippen molar-refractivity contribution in [3.63, 3.8) is 0 Å². The molecule has 3 aliphatic rings. The topological polar surface area (TPSA) is 28.6 Å². The second-order valence-electron chi connectivity index (χ2n) is 6.95. The van der Waals surface area contributed by atoms with Crippen LogP contribution in [0, 0.1) is 5.41 Å². The molecule has 114 valence electrons. The zero-order chi connectivity index (χ0) is 14.1. The van der Waals surface area contributed by atoms with Crippen LogP contribution in [-0.4, -0.2) is 55.3 Å². The summed E-state index contributed by atoms with van der Waals surface area (Å²) in [6, 6.07) is 6.92. The number of piperidine rings is 1. The standard InChI is InChI=1S/C17H25N3O/c1-2-8-18-16(4-1)20-9-3-6-17(14-20)7-10-19(13-17)15-5-11-21-12-15/h1-2,4,8,15H,3,5-7,9-14H2. The lowest BCUT2D eigenvalue weighted by molar-refractivity contribution is 0.144. The Morgan fingerprint density at radius 1 is 1.19 bits per heavy atom. The summed E-state index contributed by atoms with van der Waals surface area (Å²) in [5, 5.41) is 0. The number of hydrogen-bond acceptors (Lipinski definition) is 4. The van der Waals surface area contributed by atoms with Gasteiger partial charge in [0.1, 0.15) is 5.82 Å². The quantitative estimate of drug-likeness (QED) is 0.833. The van der Waals surface area contributed by atoms with Crippen molar-refractivity contribution in [1.29, 1.82) is 0 Å². The van der Waals surface area contributed by atoms with Crippen molar-refractivity contribution in [2.24, 2.45) is 5.41 Å². The van der Waals surface area contributed by atoms with E-state index in [0.29, 0.717) is 11.5 Å². The first-order valence-electron chi connectivity index (χ1n) is 8.33. The number of anilines is 1. The van der Waals surface area contributed by atoms with Gasteiger partial charge in [-0.2, -0.15) is 0 Å². The minimum atomic E-state index is 0.484. The monoisotopic (exact) mass is 287 g/mol. The lowest BCUT2D eigenvalue weighted by atomic mass is 9.79. The van der Waals surface area contributed by atoms with Crippen LogP contribution >= 0.6 is 0 Å². The van der Waals surface area contributed by atoms with E-state index >= 15 is 0 Å². The molecule has 4 rings (SSSR count). The summed E-state index contributed by atoms with van der Waals surface area (Å²) in [6.45, 7) is 6.74. The Morgan fingerprint density at radius 2 is 2.19 bits per heavy atom. The number of rotatable bonds is 2. The highest BCUT2D eigenvalue weighted by Gasteiger charge is 2.43. The lowest BCUT2D eigenvalue weighted by Gasteiger charge is -2.41. The molecule has 1 spiro atoms. The molecule has 2 atom stereocenters. The molecule has 0 radical (unpaired) electrons. The van der Waals surface area contributed by atoms with Gasteiger partial charge < -0.3 is 9.64 Å². The van der Waals surface area contributed by atoms with Gasteiger partial charge in [-0.15, -0.1) is 0 Å². The van der Waals surface area contributed by atoms with E-state index in [9.17, 15) is 0 Å². The van der Waals surface area contributed by atoms with Crippen molar-refractivity contribution >= 4 is 5.82 Å². The van der Waals surface area contributed by atoms with Crippen LogP contribution in [0.1, 0.15) is 25.7 Å². The van der Waals surface area contributed by atoms with Gasteiger partial charge in [0.05, 0.1) is 6.61 Å². The van der Waals surface area contributed by atoms with E-state index in [1.807, 2.05) is 12.3 Å². The number of ether oxygens (including phenoxy) is 1. The maximum atomic E-state index is 5.57. The molecule has 0 amide bonds. The molecule has 4 heteroatoms. The number of nitrogens with zero attached hydrogens (tertiary/aromatic N) is 3. The Bertz CT molecular complexity index is 474. The predicted molar refractivity (Wildman–Crippen MR) is 83.5 cm³/mol. The van der Waals surface area contributed by atoms with Crippen LogP contribution in [0.2, 0.25) is 0 Å². The smallest absolute Gasteiger partial charge is 0.128 e. The van der Waals surface area contributed by atoms with Crippen LogP contribution < -0.4 is 4.90 Å². The first kappa shape index (κ1) is 13.5. The number of pyridine rings is 1. The Morgan fingerprint density at radius 3 is 3.00 bits per heavy atom. The average molecular weight is 287 g/mol. The predicted octanol–water partition coefficient (Wildman–Crippen LogP) is 2.16. The summed E-state index contributed by atoms with van der Waals surface area (Å²) < 4.78 is 5.57. The average Bonchev–Trinajstić information content (AvgIpc) is 3.19. The minimum Gasteiger partial charge on any atom is -0.380 e.